The lowest BCUT2D eigenvalue weighted by Crippen LogP contribution is -2.37. The number of benzene rings is 1. The van der Waals surface area contributed by atoms with Crippen LogP contribution in [0.5, 0.6) is 0 Å². The van der Waals surface area contributed by atoms with E-state index in [1.807, 2.05) is 0 Å². The summed E-state index contributed by atoms with van der Waals surface area (Å²) < 4.78 is 17.6. The summed E-state index contributed by atoms with van der Waals surface area (Å²) in [6.45, 7) is 0.685. The number of hydrogen-bond acceptors (Lipinski definition) is 4. The first kappa shape index (κ1) is 16.9. The Morgan fingerprint density at radius 1 is 1.39 bits per heavy atom. The molecule has 1 saturated heterocycles. The molecule has 1 aromatic carbocycles. The van der Waals surface area contributed by atoms with Gasteiger partial charge in [-0.05, 0) is 17.7 Å². The third-order valence-corrected chi connectivity index (χ3v) is 3.63. The van der Waals surface area contributed by atoms with Crippen molar-refractivity contribution < 1.29 is 23.5 Å². The molecule has 0 radical (unpaired) electrons. The van der Waals surface area contributed by atoms with Gasteiger partial charge in [0.15, 0.2) is 0 Å². The molecule has 0 spiro atoms. The lowest BCUT2D eigenvalue weighted by Gasteiger charge is -2.17. The van der Waals surface area contributed by atoms with Crippen LogP contribution in [0.15, 0.2) is 24.3 Å². The molecule has 1 heterocycles. The number of halogens is 1. The summed E-state index contributed by atoms with van der Waals surface area (Å²) in [6, 6.07) is 5.78. The smallest absolute Gasteiger partial charge is 0.306 e. The fourth-order valence-electron chi connectivity index (χ4n) is 2.49. The molecule has 23 heavy (non-hydrogen) atoms. The van der Waals surface area contributed by atoms with Gasteiger partial charge in [0.05, 0.1) is 19.6 Å². The van der Waals surface area contributed by atoms with E-state index >= 15 is 0 Å². The van der Waals surface area contributed by atoms with Gasteiger partial charge in [-0.1, -0.05) is 12.1 Å². The fraction of sp³-hybridized carbons (Fsp3) is 0.438. The number of nitrogens with one attached hydrogen (secondary N) is 1. The molecule has 1 aliphatic rings. The van der Waals surface area contributed by atoms with Crippen molar-refractivity contribution in [2.45, 2.75) is 31.8 Å². The standard InChI is InChI=1S/C16H19FN2O4/c1-23-16(22)6-5-14(20)18-13-8-15(21)19(10-13)9-11-3-2-4-12(17)7-11/h2-4,7,13H,5-6,8-10H2,1H3,(H,18,20)/t13-/m1/s1. The number of carbonyl (C=O) groups is 3. The third kappa shape index (κ3) is 5.05. The molecule has 2 amide bonds. The lowest BCUT2D eigenvalue weighted by atomic mass is 10.2. The Balaban J connectivity index is 1.82. The number of likely N-dealkylation sites (tertiary alicyclic amines) is 1. The summed E-state index contributed by atoms with van der Waals surface area (Å²) in [6.07, 6.45) is 0.247. The highest BCUT2D eigenvalue weighted by atomic mass is 19.1. The normalized spacial score (nSPS) is 17.2. The molecule has 0 aromatic heterocycles. The molecule has 124 valence electrons. The van der Waals surface area contributed by atoms with Gasteiger partial charge in [0, 0.05) is 25.9 Å². The highest BCUT2D eigenvalue weighted by molar-refractivity contribution is 5.84. The number of nitrogens with zero attached hydrogens (tertiary/aromatic N) is 1. The van der Waals surface area contributed by atoms with E-state index in [2.05, 4.69) is 10.1 Å². The van der Waals surface area contributed by atoms with Crippen molar-refractivity contribution in [3.63, 3.8) is 0 Å². The van der Waals surface area contributed by atoms with Gasteiger partial charge in [-0.15, -0.1) is 0 Å². The SMILES string of the molecule is COC(=O)CCC(=O)N[C@@H]1CC(=O)N(Cc2cccc(F)c2)C1. The van der Waals surface area contributed by atoms with Crippen molar-refractivity contribution >= 4 is 17.8 Å². The average molecular weight is 322 g/mol. The number of methoxy groups -OCH3 is 1. The number of hydrogen-bond donors (Lipinski definition) is 1. The van der Waals surface area contributed by atoms with Crippen molar-refractivity contribution in [1.82, 2.24) is 10.2 Å². The molecule has 2 rings (SSSR count). The van der Waals surface area contributed by atoms with Crippen LogP contribution in [0.25, 0.3) is 0 Å². The van der Waals surface area contributed by atoms with Gasteiger partial charge in [0.25, 0.3) is 0 Å². The van der Waals surface area contributed by atoms with Gasteiger partial charge in [0.2, 0.25) is 11.8 Å². The van der Waals surface area contributed by atoms with Crippen molar-refractivity contribution in [2.75, 3.05) is 13.7 Å². The summed E-state index contributed by atoms with van der Waals surface area (Å²) in [4.78, 5) is 36.3. The molecule has 1 aromatic rings. The van der Waals surface area contributed by atoms with Crippen LogP contribution in [-0.4, -0.2) is 42.4 Å². The lowest BCUT2D eigenvalue weighted by molar-refractivity contribution is -0.142. The van der Waals surface area contributed by atoms with E-state index in [9.17, 15) is 18.8 Å². The van der Waals surface area contributed by atoms with E-state index < -0.39 is 5.97 Å². The quantitative estimate of drug-likeness (QED) is 0.793. The molecule has 0 saturated carbocycles. The van der Waals surface area contributed by atoms with Crippen LogP contribution in [0, 0.1) is 5.82 Å². The fourth-order valence-corrected chi connectivity index (χ4v) is 2.49. The van der Waals surface area contributed by atoms with Crippen molar-refractivity contribution in [3.8, 4) is 0 Å². The van der Waals surface area contributed by atoms with Crippen LogP contribution in [0.1, 0.15) is 24.8 Å². The highest BCUT2D eigenvalue weighted by Crippen LogP contribution is 2.16. The molecule has 1 aliphatic heterocycles. The maximum Gasteiger partial charge on any atom is 0.306 e. The van der Waals surface area contributed by atoms with Gasteiger partial charge in [0.1, 0.15) is 5.82 Å². The van der Waals surface area contributed by atoms with E-state index in [0.29, 0.717) is 18.7 Å². The number of esters is 1. The summed E-state index contributed by atoms with van der Waals surface area (Å²) in [5.74, 6) is -1.18. The molecular weight excluding hydrogens is 303 g/mol. The van der Waals surface area contributed by atoms with Crippen LogP contribution >= 0.6 is 0 Å². The Morgan fingerprint density at radius 2 is 2.17 bits per heavy atom. The number of carbonyl (C=O) groups excluding carboxylic acids is 3. The highest BCUT2D eigenvalue weighted by Gasteiger charge is 2.30. The van der Waals surface area contributed by atoms with Crippen LogP contribution in [0.3, 0.4) is 0 Å². The van der Waals surface area contributed by atoms with Gasteiger partial charge in [-0.25, -0.2) is 4.39 Å². The topological polar surface area (TPSA) is 75.7 Å². The number of ether oxygens (including phenoxy) is 1. The van der Waals surface area contributed by atoms with Crippen LogP contribution in [-0.2, 0) is 25.7 Å². The molecule has 6 nitrogen and oxygen atoms in total. The minimum Gasteiger partial charge on any atom is -0.469 e. The summed E-state index contributed by atoms with van der Waals surface area (Å²) >= 11 is 0. The predicted molar refractivity (Wildman–Crippen MR) is 79.6 cm³/mol. The van der Waals surface area contributed by atoms with Crippen molar-refractivity contribution in [1.29, 1.82) is 0 Å². The van der Waals surface area contributed by atoms with Crippen molar-refractivity contribution in [2.24, 2.45) is 0 Å². The average Bonchev–Trinajstić information content (AvgIpc) is 2.84. The molecule has 1 fully saturated rings. The Morgan fingerprint density at radius 3 is 2.87 bits per heavy atom. The predicted octanol–water partition coefficient (Wildman–Crippen LogP) is 0.996. The van der Waals surface area contributed by atoms with Gasteiger partial charge in [-0.3, -0.25) is 14.4 Å². The first-order chi connectivity index (χ1) is 11.0. The zero-order valence-corrected chi connectivity index (χ0v) is 12.9. The van der Waals surface area contributed by atoms with E-state index in [0.717, 1.165) is 0 Å². The second-order valence-corrected chi connectivity index (χ2v) is 5.45. The summed E-state index contributed by atoms with van der Waals surface area (Å²) in [5, 5.41) is 2.73. The zero-order valence-electron chi connectivity index (χ0n) is 12.9. The third-order valence-electron chi connectivity index (χ3n) is 3.63. The van der Waals surface area contributed by atoms with Gasteiger partial charge < -0.3 is 15.0 Å². The Kier molecular flexibility index (Phi) is 5.67. The number of amides is 2. The van der Waals surface area contributed by atoms with Crippen molar-refractivity contribution in [3.05, 3.63) is 35.6 Å². The molecule has 0 aliphatic carbocycles. The molecule has 7 heteroatoms. The first-order valence-electron chi connectivity index (χ1n) is 7.36. The molecular formula is C16H19FN2O4. The van der Waals surface area contributed by atoms with E-state index in [-0.39, 0.29) is 42.9 Å². The van der Waals surface area contributed by atoms with Crippen LogP contribution in [0.2, 0.25) is 0 Å². The van der Waals surface area contributed by atoms with Crippen LogP contribution in [0.4, 0.5) is 4.39 Å². The van der Waals surface area contributed by atoms with E-state index in [1.165, 1.54) is 19.2 Å². The van der Waals surface area contributed by atoms with Gasteiger partial charge >= 0.3 is 5.97 Å². The molecule has 0 bridgehead atoms. The Bertz CT molecular complexity index is 605. The maximum absolute atomic E-state index is 13.2. The molecule has 1 N–H and O–H groups in total. The largest absolute Gasteiger partial charge is 0.469 e. The maximum atomic E-state index is 13.2. The molecule has 1 atom stereocenters. The second-order valence-electron chi connectivity index (χ2n) is 5.45. The molecule has 0 unspecified atom stereocenters. The van der Waals surface area contributed by atoms with E-state index in [4.69, 9.17) is 0 Å². The summed E-state index contributed by atoms with van der Waals surface area (Å²) in [7, 11) is 1.26. The van der Waals surface area contributed by atoms with Gasteiger partial charge in [-0.2, -0.15) is 0 Å². The minimum atomic E-state index is -0.449. The minimum absolute atomic E-state index is 0.00993. The van der Waals surface area contributed by atoms with E-state index in [1.54, 1.807) is 17.0 Å². The van der Waals surface area contributed by atoms with Crippen LogP contribution < -0.4 is 5.32 Å². The Hall–Kier alpha value is -2.44. The zero-order chi connectivity index (χ0) is 16.8. The monoisotopic (exact) mass is 322 g/mol. The number of rotatable bonds is 6. The summed E-state index contributed by atoms with van der Waals surface area (Å²) in [5.41, 5.74) is 0.705. The first-order valence-corrected chi connectivity index (χ1v) is 7.36. The Labute approximate surface area is 133 Å². The second kappa shape index (κ2) is 7.71.